The molecule has 2 N–H and O–H groups in total. The Morgan fingerprint density at radius 3 is 2.83 bits per heavy atom. The van der Waals surface area contributed by atoms with E-state index in [1.165, 1.54) is 11.1 Å². The topological polar surface area (TPSA) is 48.1 Å². The fourth-order valence-corrected chi connectivity index (χ4v) is 3.28. The highest BCUT2D eigenvalue weighted by Gasteiger charge is 2.16. The summed E-state index contributed by atoms with van der Waals surface area (Å²) in [6.07, 6.45) is 5.13. The van der Waals surface area contributed by atoms with Gasteiger partial charge in [0.25, 0.3) is 0 Å². The number of rotatable bonds is 4. The second-order valence-electron chi connectivity index (χ2n) is 5.08. The average molecular weight is 266 g/mol. The number of aryl methyl sites for hydroxylation is 1. The van der Waals surface area contributed by atoms with Crippen LogP contribution >= 0.6 is 11.8 Å². The zero-order valence-electron chi connectivity index (χ0n) is 11.2. The summed E-state index contributed by atoms with van der Waals surface area (Å²) >= 11 is 1.90. The molecule has 0 spiro atoms. The van der Waals surface area contributed by atoms with Crippen molar-refractivity contribution in [3.05, 3.63) is 23.4 Å². The van der Waals surface area contributed by atoms with Crippen molar-refractivity contribution in [2.45, 2.75) is 49.4 Å². The summed E-state index contributed by atoms with van der Waals surface area (Å²) in [6.45, 7) is 5.94. The van der Waals surface area contributed by atoms with Crippen molar-refractivity contribution in [2.75, 3.05) is 13.2 Å². The fourth-order valence-electron chi connectivity index (χ4n) is 2.18. The van der Waals surface area contributed by atoms with Gasteiger partial charge in [0.05, 0.1) is 5.03 Å². The average Bonchev–Trinajstić information content (AvgIpc) is 2.33. The Morgan fingerprint density at radius 2 is 2.22 bits per heavy atom. The van der Waals surface area contributed by atoms with E-state index in [0.29, 0.717) is 5.25 Å². The normalized spacial score (nSPS) is 18.8. The predicted molar refractivity (Wildman–Crippen MR) is 76.0 cm³/mol. The molecule has 2 rings (SSSR count). The van der Waals surface area contributed by atoms with E-state index in [1.807, 2.05) is 24.9 Å². The summed E-state index contributed by atoms with van der Waals surface area (Å²) in [4.78, 5) is 4.59. The third kappa shape index (κ3) is 3.97. The van der Waals surface area contributed by atoms with Crippen molar-refractivity contribution in [1.82, 2.24) is 4.98 Å². The maximum absolute atomic E-state index is 5.82. The molecule has 0 amide bonds. The highest BCUT2D eigenvalue weighted by atomic mass is 32.2. The number of hydrogen-bond donors (Lipinski definition) is 1. The van der Waals surface area contributed by atoms with Gasteiger partial charge in [0, 0.05) is 30.7 Å². The number of pyridine rings is 1. The fraction of sp³-hybridized carbons (Fsp3) is 0.643. The molecule has 1 aromatic heterocycles. The van der Waals surface area contributed by atoms with Crippen LogP contribution in [0.4, 0.5) is 0 Å². The highest BCUT2D eigenvalue weighted by Crippen LogP contribution is 2.30. The third-order valence-electron chi connectivity index (χ3n) is 3.09. The molecule has 18 heavy (non-hydrogen) atoms. The second-order valence-corrected chi connectivity index (χ2v) is 6.37. The van der Waals surface area contributed by atoms with E-state index in [4.69, 9.17) is 10.5 Å². The number of thioether (sulfide) groups is 1. The van der Waals surface area contributed by atoms with E-state index in [0.717, 1.165) is 37.5 Å². The number of nitrogens with two attached hydrogens (primary N) is 1. The van der Waals surface area contributed by atoms with Crippen LogP contribution in [-0.2, 0) is 11.2 Å². The number of aromatic nitrogens is 1. The zero-order valence-corrected chi connectivity index (χ0v) is 12.0. The third-order valence-corrected chi connectivity index (χ3v) is 4.55. The van der Waals surface area contributed by atoms with Gasteiger partial charge >= 0.3 is 0 Å². The molecule has 1 saturated heterocycles. The monoisotopic (exact) mass is 266 g/mol. The van der Waals surface area contributed by atoms with E-state index in [1.54, 1.807) is 0 Å². The van der Waals surface area contributed by atoms with Crippen LogP contribution in [0.25, 0.3) is 0 Å². The Morgan fingerprint density at radius 1 is 1.50 bits per heavy atom. The molecule has 4 heteroatoms. The molecule has 0 aromatic carbocycles. The van der Waals surface area contributed by atoms with Crippen molar-refractivity contribution < 1.29 is 4.74 Å². The molecule has 1 aromatic rings. The Balaban J connectivity index is 2.00. The number of hydrogen-bond acceptors (Lipinski definition) is 4. The maximum atomic E-state index is 5.82. The molecule has 100 valence electrons. The van der Waals surface area contributed by atoms with Gasteiger partial charge in [0.15, 0.2) is 0 Å². The molecule has 1 aliphatic rings. The quantitative estimate of drug-likeness (QED) is 0.910. The van der Waals surface area contributed by atoms with Crippen LogP contribution in [0.15, 0.2) is 17.3 Å². The molecule has 1 aliphatic heterocycles. The molecule has 1 unspecified atom stereocenters. The first-order valence-corrected chi connectivity index (χ1v) is 7.48. The summed E-state index contributed by atoms with van der Waals surface area (Å²) in [5, 5.41) is 1.82. The van der Waals surface area contributed by atoms with Crippen LogP contribution in [0.3, 0.4) is 0 Å². The van der Waals surface area contributed by atoms with E-state index < -0.39 is 0 Å². The van der Waals surface area contributed by atoms with Gasteiger partial charge in [-0.25, -0.2) is 4.98 Å². The van der Waals surface area contributed by atoms with Crippen molar-refractivity contribution in [2.24, 2.45) is 5.73 Å². The molecule has 1 atom stereocenters. The summed E-state index contributed by atoms with van der Waals surface area (Å²) in [5.41, 5.74) is 8.32. The smallest absolute Gasteiger partial charge is 0.0991 e. The first-order valence-electron chi connectivity index (χ1n) is 6.60. The molecule has 3 nitrogen and oxygen atoms in total. The van der Waals surface area contributed by atoms with Crippen molar-refractivity contribution in [3.8, 4) is 0 Å². The van der Waals surface area contributed by atoms with Crippen molar-refractivity contribution in [3.63, 3.8) is 0 Å². The van der Waals surface area contributed by atoms with Crippen molar-refractivity contribution >= 4 is 11.8 Å². The maximum Gasteiger partial charge on any atom is 0.0991 e. The van der Waals surface area contributed by atoms with Gasteiger partial charge in [-0.05, 0) is 44.2 Å². The van der Waals surface area contributed by atoms with Gasteiger partial charge in [0.1, 0.15) is 0 Å². The molecule has 1 fully saturated rings. The summed E-state index contributed by atoms with van der Waals surface area (Å²) in [7, 11) is 0. The SMILES string of the molecule is Cc1cc(CC(C)N)cnc1SC1CCOCC1. The lowest BCUT2D eigenvalue weighted by atomic mass is 10.1. The lowest BCUT2D eigenvalue weighted by Crippen LogP contribution is -2.18. The molecule has 0 saturated carbocycles. The summed E-state index contributed by atoms with van der Waals surface area (Å²) < 4.78 is 5.38. The van der Waals surface area contributed by atoms with Gasteiger partial charge in [0.2, 0.25) is 0 Å². The molecular weight excluding hydrogens is 244 g/mol. The molecular formula is C14H22N2OS. The van der Waals surface area contributed by atoms with Crippen LogP contribution < -0.4 is 5.73 Å². The van der Waals surface area contributed by atoms with Gasteiger partial charge in [-0.2, -0.15) is 0 Å². The first-order chi connectivity index (χ1) is 8.65. The standard InChI is InChI=1S/C14H22N2OS/c1-10-7-12(8-11(2)15)9-16-14(10)18-13-3-5-17-6-4-13/h7,9,11,13H,3-6,8,15H2,1-2H3. The zero-order chi connectivity index (χ0) is 13.0. The van der Waals surface area contributed by atoms with Gasteiger partial charge in [-0.15, -0.1) is 11.8 Å². The van der Waals surface area contributed by atoms with Crippen LogP contribution in [0.1, 0.15) is 30.9 Å². The highest BCUT2D eigenvalue weighted by molar-refractivity contribution is 7.99. The number of nitrogens with zero attached hydrogens (tertiary/aromatic N) is 1. The van der Waals surface area contributed by atoms with E-state index in [-0.39, 0.29) is 6.04 Å². The van der Waals surface area contributed by atoms with Gasteiger partial charge in [-0.3, -0.25) is 0 Å². The van der Waals surface area contributed by atoms with Crippen LogP contribution in [0.2, 0.25) is 0 Å². The lowest BCUT2D eigenvalue weighted by Gasteiger charge is -2.21. The predicted octanol–water partition coefficient (Wildman–Crippen LogP) is 2.55. The summed E-state index contributed by atoms with van der Waals surface area (Å²) in [5.74, 6) is 0. The van der Waals surface area contributed by atoms with Crippen molar-refractivity contribution in [1.29, 1.82) is 0 Å². The Labute approximate surface area is 114 Å². The van der Waals surface area contributed by atoms with E-state index in [9.17, 15) is 0 Å². The van der Waals surface area contributed by atoms with Crippen LogP contribution in [-0.4, -0.2) is 29.5 Å². The minimum atomic E-state index is 0.195. The summed E-state index contributed by atoms with van der Waals surface area (Å²) in [6, 6.07) is 2.41. The van der Waals surface area contributed by atoms with Gasteiger partial charge in [-0.1, -0.05) is 6.07 Å². The number of ether oxygens (including phenoxy) is 1. The molecule has 0 aliphatic carbocycles. The molecule has 2 heterocycles. The van der Waals surface area contributed by atoms with Crippen LogP contribution in [0, 0.1) is 6.92 Å². The Bertz CT molecular complexity index is 389. The largest absolute Gasteiger partial charge is 0.381 e. The van der Waals surface area contributed by atoms with Gasteiger partial charge < -0.3 is 10.5 Å². The Kier molecular flexibility index (Phi) is 5.03. The van der Waals surface area contributed by atoms with E-state index in [2.05, 4.69) is 18.0 Å². The first kappa shape index (κ1) is 13.8. The van der Waals surface area contributed by atoms with Crippen LogP contribution in [0.5, 0.6) is 0 Å². The van der Waals surface area contributed by atoms with E-state index >= 15 is 0 Å². The second kappa shape index (κ2) is 6.55. The molecule has 0 radical (unpaired) electrons. The molecule has 0 bridgehead atoms. The Hall–Kier alpha value is -0.580. The minimum Gasteiger partial charge on any atom is -0.381 e. The lowest BCUT2D eigenvalue weighted by molar-refractivity contribution is 0.1000. The minimum absolute atomic E-state index is 0.195.